The topological polar surface area (TPSA) is 49.8 Å². The van der Waals surface area contributed by atoms with E-state index in [1.54, 1.807) is 0 Å². The third-order valence-electron chi connectivity index (χ3n) is 1.33. The molecule has 0 unspecified atom stereocenters. The van der Waals surface area contributed by atoms with Crippen LogP contribution in [0.5, 0.6) is 0 Å². The molecule has 0 aromatic rings. The Morgan fingerprint density at radius 3 is 2.57 bits per heavy atom. The zero-order valence-electron chi connectivity index (χ0n) is 4.09. The molecular weight excluding hydrogens is 88.1 g/mol. The summed E-state index contributed by atoms with van der Waals surface area (Å²) in [4.78, 5) is 0. The van der Waals surface area contributed by atoms with Crippen LogP contribution in [0.2, 0.25) is 0 Å². The largest absolute Gasteiger partial charge is 0.327 e. The average molecular weight is 96.1 g/mol. The standard InChI is InChI=1S/C5H8N2/c6-2-1-4-3-5(4)7/h4-5H,1,3,7H2/t4-,5+/m0/s1. The van der Waals surface area contributed by atoms with E-state index in [4.69, 9.17) is 11.0 Å². The van der Waals surface area contributed by atoms with E-state index in [0.29, 0.717) is 18.4 Å². The second kappa shape index (κ2) is 1.51. The van der Waals surface area contributed by atoms with Crippen LogP contribution >= 0.6 is 0 Å². The Bertz CT molecular complexity index is 103. The van der Waals surface area contributed by atoms with Crippen molar-refractivity contribution in [1.82, 2.24) is 0 Å². The summed E-state index contributed by atoms with van der Waals surface area (Å²) in [5.41, 5.74) is 5.40. The van der Waals surface area contributed by atoms with Crippen molar-refractivity contribution in [2.45, 2.75) is 18.9 Å². The highest BCUT2D eigenvalue weighted by Gasteiger charge is 2.32. The van der Waals surface area contributed by atoms with Crippen LogP contribution in [0.15, 0.2) is 0 Å². The van der Waals surface area contributed by atoms with Crippen LogP contribution in [-0.2, 0) is 0 Å². The van der Waals surface area contributed by atoms with Crippen LogP contribution in [0.4, 0.5) is 0 Å². The molecule has 1 fully saturated rings. The molecule has 2 atom stereocenters. The predicted molar refractivity (Wildman–Crippen MR) is 26.3 cm³/mol. The molecule has 7 heavy (non-hydrogen) atoms. The predicted octanol–water partition coefficient (Wildman–Crippen LogP) is 0.247. The fraction of sp³-hybridized carbons (Fsp3) is 0.800. The SMILES string of the molecule is N#CC[C@H]1C[C@H]1N. The molecule has 1 rings (SSSR count). The Labute approximate surface area is 42.9 Å². The quantitative estimate of drug-likeness (QED) is 0.508. The van der Waals surface area contributed by atoms with Gasteiger partial charge in [0.15, 0.2) is 0 Å². The van der Waals surface area contributed by atoms with E-state index in [9.17, 15) is 0 Å². The molecule has 0 saturated heterocycles. The Hall–Kier alpha value is -0.550. The van der Waals surface area contributed by atoms with Crippen molar-refractivity contribution < 1.29 is 0 Å². The van der Waals surface area contributed by atoms with E-state index in [2.05, 4.69) is 6.07 Å². The first-order chi connectivity index (χ1) is 3.34. The molecule has 2 nitrogen and oxygen atoms in total. The Morgan fingerprint density at radius 1 is 1.86 bits per heavy atom. The van der Waals surface area contributed by atoms with E-state index in [1.807, 2.05) is 0 Å². The number of nitrogens with zero attached hydrogens (tertiary/aromatic N) is 1. The van der Waals surface area contributed by atoms with Crippen LogP contribution in [0, 0.1) is 17.2 Å². The fourth-order valence-electron chi connectivity index (χ4n) is 0.623. The minimum Gasteiger partial charge on any atom is -0.327 e. The van der Waals surface area contributed by atoms with Gasteiger partial charge in [-0.15, -0.1) is 0 Å². The minimum absolute atomic E-state index is 0.347. The first kappa shape index (κ1) is 4.61. The summed E-state index contributed by atoms with van der Waals surface area (Å²) in [7, 11) is 0. The number of nitrogens with two attached hydrogens (primary N) is 1. The molecule has 0 bridgehead atoms. The van der Waals surface area contributed by atoms with Crippen molar-refractivity contribution >= 4 is 0 Å². The molecule has 0 spiro atoms. The highest BCUT2D eigenvalue weighted by Crippen LogP contribution is 2.30. The fourth-order valence-corrected chi connectivity index (χ4v) is 0.623. The maximum absolute atomic E-state index is 8.09. The summed E-state index contributed by atoms with van der Waals surface area (Å²) in [5.74, 6) is 0.532. The molecule has 0 aromatic heterocycles. The van der Waals surface area contributed by atoms with Gasteiger partial charge in [0, 0.05) is 12.5 Å². The van der Waals surface area contributed by atoms with Gasteiger partial charge >= 0.3 is 0 Å². The van der Waals surface area contributed by atoms with E-state index in [0.717, 1.165) is 6.42 Å². The zero-order chi connectivity index (χ0) is 5.28. The second-order valence-electron chi connectivity index (χ2n) is 2.02. The highest BCUT2D eigenvalue weighted by molar-refractivity contribution is 4.95. The van der Waals surface area contributed by atoms with Crippen LogP contribution in [0.1, 0.15) is 12.8 Å². The normalized spacial score (nSPS) is 37.1. The number of nitriles is 1. The number of hydrogen-bond donors (Lipinski definition) is 1. The van der Waals surface area contributed by atoms with Crippen molar-refractivity contribution in [2.24, 2.45) is 11.7 Å². The van der Waals surface area contributed by atoms with Gasteiger partial charge < -0.3 is 5.73 Å². The molecule has 2 N–H and O–H groups in total. The molecular formula is C5H8N2. The van der Waals surface area contributed by atoms with Gasteiger partial charge in [-0.2, -0.15) is 5.26 Å². The number of hydrogen-bond acceptors (Lipinski definition) is 2. The molecule has 1 saturated carbocycles. The van der Waals surface area contributed by atoms with Gasteiger partial charge in [0.05, 0.1) is 6.07 Å². The van der Waals surface area contributed by atoms with Crippen molar-refractivity contribution in [3.8, 4) is 6.07 Å². The Morgan fingerprint density at radius 2 is 2.43 bits per heavy atom. The molecule has 0 heterocycles. The third-order valence-corrected chi connectivity index (χ3v) is 1.33. The first-order valence-corrected chi connectivity index (χ1v) is 2.47. The summed E-state index contributed by atoms with van der Waals surface area (Å²) in [6.45, 7) is 0. The van der Waals surface area contributed by atoms with Gasteiger partial charge in [-0.05, 0) is 12.3 Å². The van der Waals surface area contributed by atoms with Crippen LogP contribution in [0.3, 0.4) is 0 Å². The van der Waals surface area contributed by atoms with E-state index >= 15 is 0 Å². The van der Waals surface area contributed by atoms with E-state index in [1.165, 1.54) is 0 Å². The Balaban J connectivity index is 2.12. The molecule has 1 aliphatic rings. The molecule has 1 aliphatic carbocycles. The molecule has 0 aliphatic heterocycles. The van der Waals surface area contributed by atoms with Gasteiger partial charge in [-0.25, -0.2) is 0 Å². The van der Waals surface area contributed by atoms with Crippen molar-refractivity contribution in [3.05, 3.63) is 0 Å². The summed E-state index contributed by atoms with van der Waals surface area (Å²) in [6.07, 6.45) is 1.72. The summed E-state index contributed by atoms with van der Waals surface area (Å²) < 4.78 is 0. The van der Waals surface area contributed by atoms with Crippen LogP contribution in [0.25, 0.3) is 0 Å². The van der Waals surface area contributed by atoms with Crippen molar-refractivity contribution in [1.29, 1.82) is 5.26 Å². The lowest BCUT2D eigenvalue weighted by atomic mass is 10.3. The van der Waals surface area contributed by atoms with Crippen LogP contribution in [-0.4, -0.2) is 6.04 Å². The van der Waals surface area contributed by atoms with Crippen molar-refractivity contribution in [2.75, 3.05) is 0 Å². The monoisotopic (exact) mass is 96.1 g/mol. The highest BCUT2D eigenvalue weighted by atomic mass is 14.7. The minimum atomic E-state index is 0.347. The summed E-state index contributed by atoms with van der Waals surface area (Å²) in [6, 6.07) is 2.43. The number of rotatable bonds is 1. The maximum atomic E-state index is 8.09. The third kappa shape index (κ3) is 0.908. The van der Waals surface area contributed by atoms with Gasteiger partial charge in [0.1, 0.15) is 0 Å². The lowest BCUT2D eigenvalue weighted by molar-refractivity contribution is 0.818. The average Bonchev–Trinajstić information content (AvgIpc) is 2.22. The van der Waals surface area contributed by atoms with Gasteiger partial charge in [0.2, 0.25) is 0 Å². The maximum Gasteiger partial charge on any atom is 0.0625 e. The smallest absolute Gasteiger partial charge is 0.0625 e. The van der Waals surface area contributed by atoms with E-state index < -0.39 is 0 Å². The first-order valence-electron chi connectivity index (χ1n) is 2.47. The molecule has 38 valence electrons. The van der Waals surface area contributed by atoms with Gasteiger partial charge in [0.25, 0.3) is 0 Å². The van der Waals surface area contributed by atoms with Crippen molar-refractivity contribution in [3.63, 3.8) is 0 Å². The lowest BCUT2D eigenvalue weighted by Crippen LogP contribution is -2.00. The van der Waals surface area contributed by atoms with Gasteiger partial charge in [-0.3, -0.25) is 0 Å². The summed E-state index contributed by atoms with van der Waals surface area (Å²) in [5, 5.41) is 8.09. The lowest BCUT2D eigenvalue weighted by Gasteiger charge is -1.77. The van der Waals surface area contributed by atoms with Gasteiger partial charge in [-0.1, -0.05) is 0 Å². The molecule has 0 radical (unpaired) electrons. The molecule has 0 amide bonds. The molecule has 2 heteroatoms. The Kier molecular flexibility index (Phi) is 0.994. The molecule has 0 aromatic carbocycles. The van der Waals surface area contributed by atoms with E-state index in [-0.39, 0.29) is 0 Å². The zero-order valence-corrected chi connectivity index (χ0v) is 4.09. The van der Waals surface area contributed by atoms with Crippen LogP contribution < -0.4 is 5.73 Å². The second-order valence-corrected chi connectivity index (χ2v) is 2.02. The summed E-state index contributed by atoms with van der Waals surface area (Å²) >= 11 is 0.